The highest BCUT2D eigenvalue weighted by Gasteiger charge is 2.12. The molecule has 0 spiro atoms. The highest BCUT2D eigenvalue weighted by Crippen LogP contribution is 2.07. The molecule has 1 aromatic rings. The van der Waals surface area contributed by atoms with Crippen molar-refractivity contribution in [2.45, 2.75) is 6.10 Å². The van der Waals surface area contributed by atoms with Crippen LogP contribution in [0.25, 0.3) is 0 Å². The molecule has 1 rings (SSSR count). The lowest BCUT2D eigenvalue weighted by molar-refractivity contribution is -0.127. The number of carbonyl (C=O) groups excluding carboxylic acids is 2. The van der Waals surface area contributed by atoms with E-state index in [2.05, 4.69) is 5.32 Å². The molecular formula is C11H14N2O4. The fraction of sp³-hybridized carbons (Fsp3) is 0.273. The summed E-state index contributed by atoms with van der Waals surface area (Å²) in [5.74, 6) is -0.749. The van der Waals surface area contributed by atoms with Gasteiger partial charge in [0.15, 0.2) is 6.61 Å². The minimum Gasteiger partial charge on any atom is -0.484 e. The third-order valence-corrected chi connectivity index (χ3v) is 1.93. The molecule has 1 unspecified atom stereocenters. The number of aliphatic hydroxyl groups is 1. The smallest absolute Gasteiger partial charge is 0.258 e. The van der Waals surface area contributed by atoms with Gasteiger partial charge in [-0.15, -0.1) is 0 Å². The molecule has 0 radical (unpaired) electrons. The standard InChI is InChI=1S/C11H14N2O4/c12-11(16)9(14)6-13-10(15)7-17-8-4-2-1-3-5-8/h1-5,9,14H,6-7H2,(H2,12,16)(H,13,15). The number of primary amides is 1. The summed E-state index contributed by atoms with van der Waals surface area (Å²) in [5, 5.41) is 11.3. The van der Waals surface area contributed by atoms with E-state index in [4.69, 9.17) is 15.6 Å². The van der Waals surface area contributed by atoms with Crippen LogP contribution in [0.5, 0.6) is 5.75 Å². The minimum absolute atomic E-state index is 0.185. The second-order valence-corrected chi connectivity index (χ2v) is 3.32. The highest BCUT2D eigenvalue weighted by atomic mass is 16.5. The van der Waals surface area contributed by atoms with E-state index in [0.717, 1.165) is 0 Å². The Balaban J connectivity index is 2.24. The molecule has 6 nitrogen and oxygen atoms in total. The summed E-state index contributed by atoms with van der Waals surface area (Å²) in [5.41, 5.74) is 4.82. The largest absolute Gasteiger partial charge is 0.484 e. The van der Waals surface area contributed by atoms with Crippen LogP contribution in [0.2, 0.25) is 0 Å². The number of amides is 2. The average Bonchev–Trinajstić information content (AvgIpc) is 2.34. The molecular weight excluding hydrogens is 224 g/mol. The monoisotopic (exact) mass is 238 g/mol. The lowest BCUT2D eigenvalue weighted by atomic mass is 10.3. The number of para-hydroxylation sites is 1. The number of hydrogen-bond acceptors (Lipinski definition) is 4. The molecule has 1 atom stereocenters. The maximum atomic E-state index is 11.2. The van der Waals surface area contributed by atoms with Crippen molar-refractivity contribution in [1.29, 1.82) is 0 Å². The van der Waals surface area contributed by atoms with Gasteiger partial charge in [0.05, 0.1) is 6.54 Å². The molecule has 0 aliphatic rings. The molecule has 0 aliphatic carbocycles. The van der Waals surface area contributed by atoms with Crippen LogP contribution in [0.3, 0.4) is 0 Å². The number of hydrogen-bond donors (Lipinski definition) is 3. The van der Waals surface area contributed by atoms with Gasteiger partial charge in [-0.05, 0) is 12.1 Å². The lowest BCUT2D eigenvalue weighted by Crippen LogP contribution is -2.41. The molecule has 0 heterocycles. The zero-order chi connectivity index (χ0) is 12.7. The van der Waals surface area contributed by atoms with Crippen molar-refractivity contribution in [3.63, 3.8) is 0 Å². The molecule has 0 bridgehead atoms. The van der Waals surface area contributed by atoms with E-state index in [9.17, 15) is 9.59 Å². The first kappa shape index (κ1) is 13.0. The Morgan fingerprint density at radius 1 is 1.35 bits per heavy atom. The van der Waals surface area contributed by atoms with Gasteiger partial charge >= 0.3 is 0 Å². The van der Waals surface area contributed by atoms with Crippen LogP contribution >= 0.6 is 0 Å². The SMILES string of the molecule is NC(=O)C(O)CNC(=O)COc1ccccc1. The van der Waals surface area contributed by atoms with Gasteiger partial charge in [-0.3, -0.25) is 9.59 Å². The van der Waals surface area contributed by atoms with Crippen molar-refractivity contribution in [2.24, 2.45) is 5.73 Å². The van der Waals surface area contributed by atoms with E-state index >= 15 is 0 Å². The van der Waals surface area contributed by atoms with Crippen LogP contribution in [-0.4, -0.2) is 36.2 Å². The molecule has 4 N–H and O–H groups in total. The number of ether oxygens (including phenoxy) is 1. The first-order chi connectivity index (χ1) is 8.09. The maximum absolute atomic E-state index is 11.2. The van der Waals surface area contributed by atoms with Crippen molar-refractivity contribution in [3.05, 3.63) is 30.3 Å². The normalized spacial score (nSPS) is 11.6. The van der Waals surface area contributed by atoms with Crippen LogP contribution in [0.1, 0.15) is 0 Å². The van der Waals surface area contributed by atoms with E-state index in [1.165, 1.54) is 0 Å². The van der Waals surface area contributed by atoms with Crippen LogP contribution in [0, 0.1) is 0 Å². The summed E-state index contributed by atoms with van der Waals surface area (Å²) in [4.78, 5) is 21.7. The maximum Gasteiger partial charge on any atom is 0.258 e. The third-order valence-electron chi connectivity index (χ3n) is 1.93. The Morgan fingerprint density at radius 2 is 2.00 bits per heavy atom. The van der Waals surface area contributed by atoms with Gasteiger partial charge in [0, 0.05) is 0 Å². The quantitative estimate of drug-likeness (QED) is 0.593. The molecule has 6 heteroatoms. The van der Waals surface area contributed by atoms with Gasteiger partial charge in [0.25, 0.3) is 5.91 Å². The zero-order valence-electron chi connectivity index (χ0n) is 9.13. The Kier molecular flexibility index (Phi) is 4.96. The second-order valence-electron chi connectivity index (χ2n) is 3.32. The van der Waals surface area contributed by atoms with E-state index < -0.39 is 17.9 Å². The summed E-state index contributed by atoms with van der Waals surface area (Å²) in [6.45, 7) is -0.401. The highest BCUT2D eigenvalue weighted by molar-refractivity contribution is 5.81. The number of carbonyl (C=O) groups is 2. The number of benzene rings is 1. The van der Waals surface area contributed by atoms with Gasteiger partial charge in [0.1, 0.15) is 11.9 Å². The number of nitrogens with two attached hydrogens (primary N) is 1. The predicted octanol–water partition coefficient (Wildman–Crippen LogP) is -0.972. The predicted molar refractivity (Wildman–Crippen MR) is 60.1 cm³/mol. The number of rotatable bonds is 6. The fourth-order valence-electron chi connectivity index (χ4n) is 1.03. The Hall–Kier alpha value is -2.08. The van der Waals surface area contributed by atoms with Crippen LogP contribution in [0.4, 0.5) is 0 Å². The Labute approximate surface area is 98.4 Å². The number of nitrogens with one attached hydrogen (secondary N) is 1. The molecule has 2 amide bonds. The summed E-state index contributed by atoms with van der Waals surface area (Å²) in [6.07, 6.45) is -1.38. The lowest BCUT2D eigenvalue weighted by Gasteiger charge is -2.09. The molecule has 92 valence electrons. The Morgan fingerprint density at radius 3 is 2.59 bits per heavy atom. The molecule has 0 saturated carbocycles. The van der Waals surface area contributed by atoms with Gasteiger partial charge in [-0.25, -0.2) is 0 Å². The third kappa shape index (κ3) is 4.98. The molecule has 17 heavy (non-hydrogen) atoms. The summed E-state index contributed by atoms with van der Waals surface area (Å²) >= 11 is 0. The van der Waals surface area contributed by atoms with Crippen molar-refractivity contribution >= 4 is 11.8 Å². The summed E-state index contributed by atoms with van der Waals surface area (Å²) in [6, 6.07) is 8.82. The molecule has 0 saturated heterocycles. The van der Waals surface area contributed by atoms with Crippen LogP contribution < -0.4 is 15.8 Å². The van der Waals surface area contributed by atoms with E-state index in [0.29, 0.717) is 5.75 Å². The Bertz CT molecular complexity index is 380. The van der Waals surface area contributed by atoms with Crippen LogP contribution in [-0.2, 0) is 9.59 Å². The molecule has 0 aliphatic heterocycles. The van der Waals surface area contributed by atoms with Crippen molar-refractivity contribution in [2.75, 3.05) is 13.2 Å². The van der Waals surface area contributed by atoms with E-state index in [1.54, 1.807) is 24.3 Å². The first-order valence-electron chi connectivity index (χ1n) is 5.01. The minimum atomic E-state index is -1.38. The zero-order valence-corrected chi connectivity index (χ0v) is 9.13. The second kappa shape index (κ2) is 6.49. The number of aliphatic hydroxyl groups excluding tert-OH is 1. The van der Waals surface area contributed by atoms with E-state index in [1.807, 2.05) is 6.07 Å². The average molecular weight is 238 g/mol. The van der Waals surface area contributed by atoms with Gasteiger partial charge in [0.2, 0.25) is 5.91 Å². The summed E-state index contributed by atoms with van der Waals surface area (Å²) in [7, 11) is 0. The van der Waals surface area contributed by atoms with Gasteiger partial charge in [-0.2, -0.15) is 0 Å². The first-order valence-corrected chi connectivity index (χ1v) is 5.01. The van der Waals surface area contributed by atoms with E-state index in [-0.39, 0.29) is 13.2 Å². The topological polar surface area (TPSA) is 102 Å². The van der Waals surface area contributed by atoms with Crippen molar-refractivity contribution in [1.82, 2.24) is 5.32 Å². The molecule has 1 aromatic carbocycles. The molecule has 0 fully saturated rings. The van der Waals surface area contributed by atoms with Crippen LogP contribution in [0.15, 0.2) is 30.3 Å². The molecule has 0 aromatic heterocycles. The van der Waals surface area contributed by atoms with Gasteiger partial charge < -0.3 is 20.9 Å². The fourth-order valence-corrected chi connectivity index (χ4v) is 1.03. The summed E-state index contributed by atoms with van der Waals surface area (Å²) < 4.78 is 5.15. The van der Waals surface area contributed by atoms with Gasteiger partial charge in [-0.1, -0.05) is 18.2 Å². The van der Waals surface area contributed by atoms with Crippen molar-refractivity contribution < 1.29 is 19.4 Å². The van der Waals surface area contributed by atoms with Crippen molar-refractivity contribution in [3.8, 4) is 5.75 Å².